The molecule has 0 aromatic rings. The third-order valence-electron chi connectivity index (χ3n) is 4.28. The van der Waals surface area contributed by atoms with E-state index < -0.39 is 0 Å². The topological polar surface area (TPSA) is 55.8 Å². The normalized spacial score (nSPS) is 41.5. The fraction of sp³-hybridized carbons (Fsp3) is 0.615. The molecule has 0 radical (unpaired) electrons. The van der Waals surface area contributed by atoms with Crippen molar-refractivity contribution in [1.29, 1.82) is 0 Å². The van der Waals surface area contributed by atoms with Gasteiger partial charge in [-0.25, -0.2) is 0 Å². The van der Waals surface area contributed by atoms with Gasteiger partial charge in [0.15, 0.2) is 0 Å². The zero-order valence-electron chi connectivity index (χ0n) is 9.59. The van der Waals surface area contributed by atoms with E-state index in [0.717, 1.165) is 12.8 Å². The minimum absolute atomic E-state index is 0.0693. The number of carbonyl (C=O) groups excluding carboxylic acids is 1. The van der Waals surface area contributed by atoms with Gasteiger partial charge in [-0.05, 0) is 12.8 Å². The highest BCUT2D eigenvalue weighted by atomic mass is 16.6. The summed E-state index contributed by atoms with van der Waals surface area (Å²) < 4.78 is 11.1. The number of ether oxygens (including phenoxy) is 2. The summed E-state index contributed by atoms with van der Waals surface area (Å²) in [5, 5.41) is 8.96. The highest BCUT2D eigenvalue weighted by Crippen LogP contribution is 2.55. The van der Waals surface area contributed by atoms with Gasteiger partial charge in [0.2, 0.25) is 0 Å². The van der Waals surface area contributed by atoms with E-state index in [4.69, 9.17) is 14.6 Å². The Balaban J connectivity index is 1.72. The Bertz CT molecular complexity index is 400. The predicted octanol–water partition coefficient (Wildman–Crippen LogP) is 1.02. The number of aliphatic hydroxyl groups excluding tert-OH is 1. The molecule has 1 aliphatic heterocycles. The number of rotatable bonds is 4. The van der Waals surface area contributed by atoms with Crippen LogP contribution < -0.4 is 0 Å². The predicted molar refractivity (Wildman–Crippen MR) is 59.8 cm³/mol. The van der Waals surface area contributed by atoms with Gasteiger partial charge in [0.05, 0.1) is 12.5 Å². The Kier molecular flexibility index (Phi) is 2.30. The molecule has 0 aromatic carbocycles. The van der Waals surface area contributed by atoms with Crippen molar-refractivity contribution in [3.8, 4) is 0 Å². The van der Waals surface area contributed by atoms with Gasteiger partial charge >= 0.3 is 5.97 Å². The smallest absolute Gasteiger partial charge is 0.309 e. The summed E-state index contributed by atoms with van der Waals surface area (Å²) in [6, 6.07) is 0. The third kappa shape index (κ3) is 1.43. The summed E-state index contributed by atoms with van der Waals surface area (Å²) in [4.78, 5) is 11.6. The van der Waals surface area contributed by atoms with Crippen molar-refractivity contribution < 1.29 is 19.4 Å². The quantitative estimate of drug-likeness (QED) is 0.450. The first kappa shape index (κ1) is 10.8. The lowest BCUT2D eigenvalue weighted by molar-refractivity contribution is -0.146. The molecule has 2 bridgehead atoms. The first-order valence-electron chi connectivity index (χ1n) is 5.97. The summed E-state index contributed by atoms with van der Waals surface area (Å²) in [6.07, 6.45) is 1.65. The maximum absolute atomic E-state index is 11.6. The Morgan fingerprint density at radius 2 is 2.24 bits per heavy atom. The van der Waals surface area contributed by atoms with Gasteiger partial charge in [-0.1, -0.05) is 13.2 Å². The number of fused-ring (bicyclic) bond motifs is 1. The molecule has 0 aromatic heterocycles. The number of carbonyl (C=O) groups is 1. The highest BCUT2D eigenvalue weighted by molar-refractivity contribution is 5.76. The van der Waals surface area contributed by atoms with Crippen molar-refractivity contribution in [3.63, 3.8) is 0 Å². The van der Waals surface area contributed by atoms with Crippen LogP contribution in [0.2, 0.25) is 0 Å². The number of esters is 1. The van der Waals surface area contributed by atoms with E-state index in [1.807, 2.05) is 0 Å². The van der Waals surface area contributed by atoms with Gasteiger partial charge in [-0.3, -0.25) is 4.79 Å². The van der Waals surface area contributed by atoms with Gasteiger partial charge in [-0.2, -0.15) is 0 Å². The minimum Gasteiger partial charge on any atom is -0.487 e. The molecule has 3 aliphatic rings. The molecule has 5 atom stereocenters. The van der Waals surface area contributed by atoms with Crippen LogP contribution in [0.25, 0.3) is 0 Å². The SMILES string of the molecule is C=C(CO)C(=C)OC1C2CC3C(=O)OC1C3C2. The number of aliphatic hydroxyl groups is 1. The standard InChI is InChI=1S/C13H16O4/c1-6(5-14)7(2)16-11-8-3-9-10(4-8)13(15)17-12(9)11/h8-12,14H,1-5H2. The van der Waals surface area contributed by atoms with Crippen molar-refractivity contribution in [2.24, 2.45) is 17.8 Å². The van der Waals surface area contributed by atoms with Crippen molar-refractivity contribution in [1.82, 2.24) is 0 Å². The molecule has 4 nitrogen and oxygen atoms in total. The van der Waals surface area contributed by atoms with E-state index in [0.29, 0.717) is 23.2 Å². The Morgan fingerprint density at radius 1 is 1.47 bits per heavy atom. The van der Waals surface area contributed by atoms with E-state index in [2.05, 4.69) is 13.2 Å². The molecule has 3 fully saturated rings. The van der Waals surface area contributed by atoms with Crippen molar-refractivity contribution >= 4 is 5.97 Å². The van der Waals surface area contributed by atoms with E-state index in [-0.39, 0.29) is 30.7 Å². The molecule has 1 heterocycles. The van der Waals surface area contributed by atoms with Gasteiger partial charge in [0, 0.05) is 17.4 Å². The Labute approximate surface area is 99.9 Å². The zero-order valence-corrected chi connectivity index (χ0v) is 9.59. The molecule has 0 spiro atoms. The highest BCUT2D eigenvalue weighted by Gasteiger charge is 2.63. The molecule has 1 N–H and O–H groups in total. The summed E-state index contributed by atoms with van der Waals surface area (Å²) in [6.45, 7) is 7.26. The second kappa shape index (κ2) is 3.60. The first-order valence-corrected chi connectivity index (χ1v) is 5.97. The first-order chi connectivity index (χ1) is 8.11. The molecule has 1 saturated heterocycles. The van der Waals surface area contributed by atoms with Crippen LogP contribution in [0.15, 0.2) is 24.5 Å². The summed E-state index contributed by atoms with van der Waals surface area (Å²) in [7, 11) is 0. The number of hydrogen-bond donors (Lipinski definition) is 1. The fourth-order valence-corrected chi connectivity index (χ4v) is 3.40. The molecule has 0 amide bonds. The van der Waals surface area contributed by atoms with Crippen LogP contribution >= 0.6 is 0 Å². The molecular weight excluding hydrogens is 220 g/mol. The largest absolute Gasteiger partial charge is 0.487 e. The molecule has 92 valence electrons. The van der Waals surface area contributed by atoms with Crippen LogP contribution in [0.4, 0.5) is 0 Å². The van der Waals surface area contributed by atoms with Crippen molar-refractivity contribution in [2.45, 2.75) is 25.0 Å². The molecular formula is C13H16O4. The Hall–Kier alpha value is -1.29. The van der Waals surface area contributed by atoms with Crippen LogP contribution in [0.1, 0.15) is 12.8 Å². The third-order valence-corrected chi connectivity index (χ3v) is 4.28. The summed E-state index contributed by atoms with van der Waals surface area (Å²) in [5.74, 6) is 1.14. The second-order valence-electron chi connectivity index (χ2n) is 5.17. The molecule has 3 rings (SSSR count). The average molecular weight is 236 g/mol. The second-order valence-corrected chi connectivity index (χ2v) is 5.17. The van der Waals surface area contributed by atoms with Gasteiger partial charge in [0.1, 0.15) is 18.0 Å². The van der Waals surface area contributed by atoms with Crippen molar-refractivity contribution in [3.05, 3.63) is 24.5 Å². The van der Waals surface area contributed by atoms with E-state index in [1.165, 1.54) is 0 Å². The van der Waals surface area contributed by atoms with Gasteiger partial charge in [0.25, 0.3) is 0 Å². The lowest BCUT2D eigenvalue weighted by atomic mass is 9.88. The Morgan fingerprint density at radius 3 is 2.94 bits per heavy atom. The van der Waals surface area contributed by atoms with E-state index in [1.54, 1.807) is 0 Å². The monoisotopic (exact) mass is 236 g/mol. The fourth-order valence-electron chi connectivity index (χ4n) is 3.40. The lowest BCUT2D eigenvalue weighted by Crippen LogP contribution is -2.34. The zero-order chi connectivity index (χ0) is 12.2. The summed E-state index contributed by atoms with van der Waals surface area (Å²) >= 11 is 0. The molecule has 4 heteroatoms. The molecule has 5 unspecified atom stereocenters. The maximum Gasteiger partial charge on any atom is 0.309 e. The van der Waals surface area contributed by atoms with Gasteiger partial charge < -0.3 is 14.6 Å². The van der Waals surface area contributed by atoms with Crippen LogP contribution in [0.5, 0.6) is 0 Å². The summed E-state index contributed by atoms with van der Waals surface area (Å²) in [5.41, 5.74) is 0.480. The average Bonchev–Trinajstić information content (AvgIpc) is 2.92. The van der Waals surface area contributed by atoms with Crippen molar-refractivity contribution in [2.75, 3.05) is 6.61 Å². The molecule has 2 saturated carbocycles. The van der Waals surface area contributed by atoms with Crippen LogP contribution in [0, 0.1) is 17.8 Å². The molecule has 2 aliphatic carbocycles. The maximum atomic E-state index is 11.6. The molecule has 17 heavy (non-hydrogen) atoms. The van der Waals surface area contributed by atoms with Crippen LogP contribution in [-0.4, -0.2) is 29.9 Å². The van der Waals surface area contributed by atoms with Crippen LogP contribution in [0.3, 0.4) is 0 Å². The van der Waals surface area contributed by atoms with E-state index in [9.17, 15) is 4.79 Å². The number of hydrogen-bond acceptors (Lipinski definition) is 4. The van der Waals surface area contributed by atoms with Gasteiger partial charge in [-0.15, -0.1) is 0 Å². The van der Waals surface area contributed by atoms with Crippen LogP contribution in [-0.2, 0) is 14.3 Å². The minimum atomic E-state index is -0.160. The van der Waals surface area contributed by atoms with E-state index >= 15 is 0 Å². The lowest BCUT2D eigenvalue weighted by Gasteiger charge is -2.27.